The number of aromatic nitrogens is 2. The summed E-state index contributed by atoms with van der Waals surface area (Å²) in [6.07, 6.45) is 6.32. The van der Waals surface area contributed by atoms with Crippen LogP contribution in [-0.2, 0) is 0 Å². The molecule has 2 aromatic heterocycles. The van der Waals surface area contributed by atoms with Gasteiger partial charge in [-0.3, -0.25) is 10.4 Å². The Balaban J connectivity index is 1.70. The van der Waals surface area contributed by atoms with E-state index in [2.05, 4.69) is 20.5 Å². The molecular weight excluding hydrogens is 332 g/mol. The lowest BCUT2D eigenvalue weighted by Gasteiger charge is -2.09. The van der Waals surface area contributed by atoms with Crippen molar-refractivity contribution < 1.29 is 14.3 Å². The van der Waals surface area contributed by atoms with Crippen molar-refractivity contribution in [3.8, 4) is 11.5 Å². The molecule has 1 N–H and O–H groups in total. The number of carbonyl (C=O) groups is 1. The number of nitrogens with zero attached hydrogens (tertiary/aromatic N) is 3. The number of esters is 1. The van der Waals surface area contributed by atoms with E-state index in [1.807, 2.05) is 12.1 Å². The van der Waals surface area contributed by atoms with Crippen LogP contribution in [-0.4, -0.2) is 29.3 Å². The summed E-state index contributed by atoms with van der Waals surface area (Å²) in [4.78, 5) is 20.1. The van der Waals surface area contributed by atoms with Crippen molar-refractivity contribution in [2.75, 3.05) is 12.5 Å². The molecule has 1 aromatic carbocycles. The van der Waals surface area contributed by atoms with Gasteiger partial charge in [0.25, 0.3) is 0 Å². The number of benzene rings is 1. The minimum Gasteiger partial charge on any atom is -0.493 e. The van der Waals surface area contributed by atoms with Crippen molar-refractivity contribution in [1.82, 2.24) is 9.97 Å². The first kappa shape index (κ1) is 17.1. The molecule has 130 valence electrons. The minimum atomic E-state index is -0.505. The second-order valence-electron chi connectivity index (χ2n) is 5.13. The lowest BCUT2D eigenvalue weighted by Crippen LogP contribution is -2.09. The van der Waals surface area contributed by atoms with E-state index in [-0.39, 0.29) is 0 Å². The average molecular weight is 348 g/mol. The Morgan fingerprint density at radius 3 is 2.77 bits per heavy atom. The van der Waals surface area contributed by atoms with E-state index in [4.69, 9.17) is 9.47 Å². The van der Waals surface area contributed by atoms with E-state index in [1.165, 1.54) is 13.3 Å². The van der Waals surface area contributed by atoms with E-state index >= 15 is 0 Å². The summed E-state index contributed by atoms with van der Waals surface area (Å²) in [7, 11) is 1.50. The van der Waals surface area contributed by atoms with Crippen molar-refractivity contribution in [2.45, 2.75) is 0 Å². The Kier molecular flexibility index (Phi) is 5.51. The molecule has 0 radical (unpaired) electrons. The largest absolute Gasteiger partial charge is 0.493 e. The number of rotatable bonds is 6. The Bertz CT molecular complexity index is 899. The van der Waals surface area contributed by atoms with Crippen LogP contribution in [0.15, 0.2) is 72.2 Å². The van der Waals surface area contributed by atoms with Crippen LogP contribution in [0, 0.1) is 0 Å². The highest BCUT2D eigenvalue weighted by molar-refractivity contribution is 5.91. The maximum atomic E-state index is 12.1. The summed E-state index contributed by atoms with van der Waals surface area (Å²) in [6, 6.07) is 13.9. The molecule has 0 spiro atoms. The summed E-state index contributed by atoms with van der Waals surface area (Å²) < 4.78 is 10.7. The molecule has 0 aliphatic carbocycles. The van der Waals surface area contributed by atoms with Gasteiger partial charge in [0.15, 0.2) is 11.5 Å². The number of hydrogen-bond acceptors (Lipinski definition) is 7. The fourth-order valence-corrected chi connectivity index (χ4v) is 2.09. The highest BCUT2D eigenvalue weighted by atomic mass is 16.6. The van der Waals surface area contributed by atoms with Crippen LogP contribution < -0.4 is 14.9 Å². The van der Waals surface area contributed by atoms with E-state index < -0.39 is 5.97 Å². The van der Waals surface area contributed by atoms with Crippen LogP contribution in [0.25, 0.3) is 0 Å². The Hall–Kier alpha value is -3.74. The van der Waals surface area contributed by atoms with Crippen molar-refractivity contribution in [3.63, 3.8) is 0 Å². The van der Waals surface area contributed by atoms with Crippen LogP contribution in [0.5, 0.6) is 11.5 Å². The maximum Gasteiger partial charge on any atom is 0.345 e. The summed E-state index contributed by atoms with van der Waals surface area (Å²) in [5.41, 5.74) is 3.95. The van der Waals surface area contributed by atoms with Gasteiger partial charge in [-0.15, -0.1) is 0 Å². The van der Waals surface area contributed by atoms with Crippen molar-refractivity contribution >= 4 is 18.0 Å². The number of ether oxygens (including phenoxy) is 2. The number of carbonyl (C=O) groups excluding carboxylic acids is 1. The molecule has 3 rings (SSSR count). The number of nitrogens with one attached hydrogen (secondary N) is 1. The lowest BCUT2D eigenvalue weighted by molar-refractivity contribution is 0.0729. The van der Waals surface area contributed by atoms with Gasteiger partial charge < -0.3 is 9.47 Å². The molecule has 0 unspecified atom stereocenters. The predicted octanol–water partition coefficient (Wildman–Crippen LogP) is 3.15. The summed E-state index contributed by atoms with van der Waals surface area (Å²) in [6.45, 7) is 0. The van der Waals surface area contributed by atoms with Gasteiger partial charge in [-0.1, -0.05) is 6.07 Å². The highest BCUT2D eigenvalue weighted by Gasteiger charge is 2.12. The monoisotopic (exact) mass is 348 g/mol. The second-order valence-corrected chi connectivity index (χ2v) is 5.13. The summed E-state index contributed by atoms with van der Waals surface area (Å²) >= 11 is 0. The first-order chi connectivity index (χ1) is 12.8. The van der Waals surface area contributed by atoms with Crippen molar-refractivity contribution in [1.29, 1.82) is 0 Å². The molecular formula is C19H16N4O3. The maximum absolute atomic E-state index is 12.1. The second kappa shape index (κ2) is 8.39. The highest BCUT2D eigenvalue weighted by Crippen LogP contribution is 2.28. The molecule has 26 heavy (non-hydrogen) atoms. The molecule has 0 bridgehead atoms. The lowest BCUT2D eigenvalue weighted by atomic mass is 10.2. The van der Waals surface area contributed by atoms with Crippen LogP contribution in [0.3, 0.4) is 0 Å². The zero-order chi connectivity index (χ0) is 18.2. The number of hydrogen-bond donors (Lipinski definition) is 1. The molecule has 2 heterocycles. The first-order valence-electron chi connectivity index (χ1n) is 7.76. The first-order valence-corrected chi connectivity index (χ1v) is 7.76. The third-order valence-corrected chi connectivity index (χ3v) is 3.35. The molecule has 7 nitrogen and oxygen atoms in total. The molecule has 0 atom stereocenters. The van der Waals surface area contributed by atoms with Crippen molar-refractivity contribution in [2.24, 2.45) is 5.10 Å². The molecule has 0 fully saturated rings. The van der Waals surface area contributed by atoms with E-state index in [0.717, 1.165) is 5.56 Å². The van der Waals surface area contributed by atoms with Crippen LogP contribution in [0.4, 0.5) is 5.82 Å². The van der Waals surface area contributed by atoms with Gasteiger partial charge in [0.1, 0.15) is 5.82 Å². The fourth-order valence-electron chi connectivity index (χ4n) is 2.09. The molecule has 0 aliphatic heterocycles. The molecule has 0 aliphatic rings. The average Bonchev–Trinajstić information content (AvgIpc) is 2.70. The van der Waals surface area contributed by atoms with Gasteiger partial charge in [0.2, 0.25) is 0 Å². The SMILES string of the molecule is COc1cc(C=NNc2ccccn2)ccc1OC(=O)c1cccnc1. The molecule has 0 amide bonds. The van der Waals surface area contributed by atoms with Crippen LogP contribution in [0.1, 0.15) is 15.9 Å². The van der Waals surface area contributed by atoms with Gasteiger partial charge in [0, 0.05) is 18.6 Å². The molecule has 0 saturated heterocycles. The van der Waals surface area contributed by atoms with Gasteiger partial charge in [0.05, 0.1) is 18.9 Å². The molecule has 3 aromatic rings. The predicted molar refractivity (Wildman–Crippen MR) is 97.6 cm³/mol. The van der Waals surface area contributed by atoms with Gasteiger partial charge >= 0.3 is 5.97 Å². The fraction of sp³-hybridized carbons (Fsp3) is 0.0526. The number of hydrazone groups is 1. The minimum absolute atomic E-state index is 0.316. The van der Waals surface area contributed by atoms with Crippen molar-refractivity contribution in [3.05, 3.63) is 78.2 Å². The third kappa shape index (κ3) is 4.41. The standard InChI is InChI=1S/C19H16N4O3/c1-25-17-11-14(12-22-23-18-6-2-3-10-21-18)7-8-16(17)26-19(24)15-5-4-9-20-13-15/h2-13H,1H3,(H,21,23). The zero-order valence-electron chi connectivity index (χ0n) is 14.0. The van der Waals surface area contributed by atoms with Crippen LogP contribution >= 0.6 is 0 Å². The van der Waals surface area contributed by atoms with E-state index in [0.29, 0.717) is 22.9 Å². The topological polar surface area (TPSA) is 85.7 Å². The zero-order valence-corrected chi connectivity index (χ0v) is 14.0. The van der Waals surface area contributed by atoms with Crippen LogP contribution in [0.2, 0.25) is 0 Å². The Labute approximate surface area is 150 Å². The third-order valence-electron chi connectivity index (χ3n) is 3.35. The summed E-state index contributed by atoms with van der Waals surface area (Å²) in [5.74, 6) is 0.868. The number of pyridine rings is 2. The quantitative estimate of drug-likeness (QED) is 0.319. The Morgan fingerprint density at radius 1 is 1.12 bits per heavy atom. The van der Waals surface area contributed by atoms with Gasteiger partial charge in [-0.2, -0.15) is 5.10 Å². The normalized spacial score (nSPS) is 10.5. The van der Waals surface area contributed by atoms with E-state index in [1.54, 1.807) is 55.0 Å². The number of methoxy groups -OCH3 is 1. The van der Waals surface area contributed by atoms with Gasteiger partial charge in [-0.25, -0.2) is 9.78 Å². The Morgan fingerprint density at radius 2 is 2.04 bits per heavy atom. The van der Waals surface area contributed by atoms with E-state index in [9.17, 15) is 4.79 Å². The van der Waals surface area contributed by atoms with Gasteiger partial charge in [-0.05, 0) is 48.0 Å². The smallest absolute Gasteiger partial charge is 0.345 e. The summed E-state index contributed by atoms with van der Waals surface area (Å²) in [5, 5.41) is 4.12. The number of anilines is 1. The molecule has 0 saturated carbocycles. The molecule has 7 heteroatoms.